The number of ether oxygens (including phenoxy) is 1. The van der Waals surface area contributed by atoms with E-state index >= 15 is 0 Å². The van der Waals surface area contributed by atoms with Crippen LogP contribution in [0.4, 0.5) is 17.1 Å². The molecule has 0 saturated heterocycles. The summed E-state index contributed by atoms with van der Waals surface area (Å²) in [5.41, 5.74) is 13.8. The number of rotatable bonds is 6. The standard InChI is InChI=1S/C54H55N3O/c1-36-28-30-55-47(31-36)37-15-13-17-43(32-37)58-44-18-14-16-41(33-44)54(50-19-11-12-29-56-50)45-34-39(52(5,6)7)22-26-48(45)57(42-24-20-38(21-25-42)51(2,3)4)49-27-23-40(35-46(49)54)53(8,9)10/h11-35H,1-10H3. The number of nitrogens with zero attached hydrogens (tertiary/aromatic N) is 3. The lowest BCUT2D eigenvalue weighted by Crippen LogP contribution is -2.39. The van der Waals surface area contributed by atoms with E-state index in [4.69, 9.17) is 9.72 Å². The Bertz CT molecular complexity index is 2540. The van der Waals surface area contributed by atoms with Gasteiger partial charge in [-0.1, -0.05) is 129 Å². The number of hydrogen-bond acceptors (Lipinski definition) is 4. The Hall–Kier alpha value is -6.00. The lowest BCUT2D eigenvalue weighted by atomic mass is 9.62. The molecule has 0 atom stereocenters. The van der Waals surface area contributed by atoms with E-state index in [9.17, 15) is 0 Å². The van der Waals surface area contributed by atoms with Crippen molar-refractivity contribution in [1.29, 1.82) is 0 Å². The Labute approximate surface area is 345 Å². The Morgan fingerprint density at radius 1 is 0.500 bits per heavy atom. The summed E-state index contributed by atoms with van der Waals surface area (Å²) in [6.45, 7) is 22.7. The number of fused-ring (bicyclic) bond motifs is 2. The van der Waals surface area contributed by atoms with E-state index in [-0.39, 0.29) is 16.2 Å². The fourth-order valence-electron chi connectivity index (χ4n) is 8.32. The molecule has 58 heavy (non-hydrogen) atoms. The molecular formula is C54H55N3O. The van der Waals surface area contributed by atoms with Crippen molar-refractivity contribution >= 4 is 17.1 Å². The molecule has 0 bridgehead atoms. The summed E-state index contributed by atoms with van der Waals surface area (Å²) < 4.78 is 6.79. The Morgan fingerprint density at radius 3 is 1.66 bits per heavy atom. The van der Waals surface area contributed by atoms with Gasteiger partial charge in [0.15, 0.2) is 0 Å². The summed E-state index contributed by atoms with van der Waals surface area (Å²) in [7, 11) is 0. The molecular weight excluding hydrogens is 707 g/mol. The van der Waals surface area contributed by atoms with Gasteiger partial charge in [0.2, 0.25) is 0 Å². The second-order valence-corrected chi connectivity index (χ2v) is 18.9. The van der Waals surface area contributed by atoms with Crippen molar-refractivity contribution in [3.8, 4) is 22.8 Å². The number of aromatic nitrogens is 2. The quantitative estimate of drug-likeness (QED) is 0.169. The van der Waals surface area contributed by atoms with E-state index in [1.54, 1.807) is 0 Å². The molecule has 0 saturated carbocycles. The zero-order valence-corrected chi connectivity index (χ0v) is 35.7. The highest BCUT2D eigenvalue weighted by Crippen LogP contribution is 2.59. The summed E-state index contributed by atoms with van der Waals surface area (Å²) in [6, 6.07) is 50.6. The first-order valence-corrected chi connectivity index (χ1v) is 20.5. The number of anilines is 3. The average Bonchev–Trinajstić information content (AvgIpc) is 3.19. The van der Waals surface area contributed by atoms with E-state index in [0.29, 0.717) is 0 Å². The topological polar surface area (TPSA) is 38.3 Å². The maximum atomic E-state index is 6.79. The molecule has 2 aromatic heterocycles. The third-order valence-electron chi connectivity index (χ3n) is 11.6. The third kappa shape index (κ3) is 7.10. The molecule has 4 nitrogen and oxygen atoms in total. The minimum atomic E-state index is -0.803. The van der Waals surface area contributed by atoms with Crippen molar-refractivity contribution < 1.29 is 4.74 Å². The molecule has 8 rings (SSSR count). The van der Waals surface area contributed by atoms with Gasteiger partial charge in [-0.05, 0) is 135 Å². The summed E-state index contributed by atoms with van der Waals surface area (Å²) in [5.74, 6) is 1.51. The van der Waals surface area contributed by atoms with Gasteiger partial charge in [-0.3, -0.25) is 9.97 Å². The van der Waals surface area contributed by atoms with Crippen LogP contribution in [0, 0.1) is 6.92 Å². The maximum Gasteiger partial charge on any atom is 0.128 e. The van der Waals surface area contributed by atoms with Gasteiger partial charge in [-0.2, -0.15) is 0 Å². The summed E-state index contributed by atoms with van der Waals surface area (Å²) in [5, 5.41) is 0. The number of hydrogen-bond donors (Lipinski definition) is 0. The smallest absolute Gasteiger partial charge is 0.128 e. The molecule has 0 unspecified atom stereocenters. The molecule has 5 aromatic carbocycles. The fraction of sp³-hybridized carbons (Fsp3) is 0.259. The highest BCUT2D eigenvalue weighted by Gasteiger charge is 2.48. The zero-order valence-electron chi connectivity index (χ0n) is 35.7. The largest absolute Gasteiger partial charge is 0.457 e. The van der Waals surface area contributed by atoms with E-state index in [1.807, 2.05) is 36.7 Å². The van der Waals surface area contributed by atoms with E-state index in [2.05, 4.69) is 194 Å². The van der Waals surface area contributed by atoms with Crippen molar-refractivity contribution in [1.82, 2.24) is 9.97 Å². The van der Waals surface area contributed by atoms with Gasteiger partial charge in [0.25, 0.3) is 0 Å². The van der Waals surface area contributed by atoms with E-state index in [0.717, 1.165) is 51.1 Å². The van der Waals surface area contributed by atoms with Gasteiger partial charge in [-0.15, -0.1) is 0 Å². The van der Waals surface area contributed by atoms with Crippen LogP contribution in [0.2, 0.25) is 0 Å². The van der Waals surface area contributed by atoms with Crippen LogP contribution in [0.3, 0.4) is 0 Å². The van der Waals surface area contributed by atoms with Crippen LogP contribution < -0.4 is 9.64 Å². The average molecular weight is 762 g/mol. The highest BCUT2D eigenvalue weighted by molar-refractivity contribution is 5.90. The van der Waals surface area contributed by atoms with Crippen molar-refractivity contribution in [3.05, 3.63) is 197 Å². The number of aryl methyl sites for hydroxylation is 1. The first-order valence-electron chi connectivity index (χ1n) is 20.5. The molecule has 4 heteroatoms. The lowest BCUT2D eigenvalue weighted by molar-refractivity contribution is 0.481. The summed E-state index contributed by atoms with van der Waals surface area (Å²) >= 11 is 0. The van der Waals surface area contributed by atoms with Crippen LogP contribution in [-0.2, 0) is 21.7 Å². The molecule has 0 fully saturated rings. The molecule has 7 aromatic rings. The van der Waals surface area contributed by atoms with Crippen molar-refractivity contribution in [2.24, 2.45) is 0 Å². The van der Waals surface area contributed by atoms with Gasteiger partial charge < -0.3 is 9.64 Å². The van der Waals surface area contributed by atoms with Gasteiger partial charge in [0, 0.05) is 23.6 Å². The van der Waals surface area contributed by atoms with Gasteiger partial charge in [0.1, 0.15) is 11.5 Å². The van der Waals surface area contributed by atoms with Crippen LogP contribution in [-0.4, -0.2) is 9.97 Å². The summed E-state index contributed by atoms with van der Waals surface area (Å²) in [4.78, 5) is 12.4. The monoisotopic (exact) mass is 761 g/mol. The normalized spacial score (nSPS) is 13.8. The number of pyridine rings is 2. The van der Waals surface area contributed by atoms with Crippen LogP contribution in [0.15, 0.2) is 152 Å². The van der Waals surface area contributed by atoms with Crippen molar-refractivity contribution in [3.63, 3.8) is 0 Å². The van der Waals surface area contributed by atoms with Crippen molar-refractivity contribution in [2.75, 3.05) is 4.90 Å². The van der Waals surface area contributed by atoms with Crippen LogP contribution in [0.5, 0.6) is 11.5 Å². The van der Waals surface area contributed by atoms with Crippen LogP contribution >= 0.6 is 0 Å². The van der Waals surface area contributed by atoms with Crippen molar-refractivity contribution in [2.45, 2.75) is 90.9 Å². The Kier molecular flexibility index (Phi) is 9.67. The predicted molar refractivity (Wildman–Crippen MR) is 241 cm³/mol. The predicted octanol–water partition coefficient (Wildman–Crippen LogP) is 14.3. The fourth-order valence-corrected chi connectivity index (χ4v) is 8.32. The zero-order chi connectivity index (χ0) is 41.0. The third-order valence-corrected chi connectivity index (χ3v) is 11.6. The van der Waals surface area contributed by atoms with Gasteiger partial charge in [0.05, 0.1) is 28.2 Å². The Morgan fingerprint density at radius 2 is 1.09 bits per heavy atom. The van der Waals surface area contributed by atoms with Crippen LogP contribution in [0.1, 0.15) is 107 Å². The summed E-state index contributed by atoms with van der Waals surface area (Å²) in [6.07, 6.45) is 3.79. The van der Waals surface area contributed by atoms with E-state index < -0.39 is 5.41 Å². The van der Waals surface area contributed by atoms with Gasteiger partial charge >= 0.3 is 0 Å². The van der Waals surface area contributed by atoms with Crippen LogP contribution in [0.25, 0.3) is 11.3 Å². The minimum Gasteiger partial charge on any atom is -0.457 e. The molecule has 0 spiro atoms. The Balaban J connectivity index is 1.41. The molecule has 0 aliphatic carbocycles. The van der Waals surface area contributed by atoms with Gasteiger partial charge in [-0.25, -0.2) is 0 Å². The molecule has 0 N–H and O–H groups in total. The molecule has 1 aliphatic rings. The molecule has 0 amide bonds. The minimum absolute atomic E-state index is 0.0411. The van der Waals surface area contributed by atoms with E-state index in [1.165, 1.54) is 33.4 Å². The second kappa shape index (κ2) is 14.4. The first kappa shape index (κ1) is 38.9. The lowest BCUT2D eigenvalue weighted by Gasteiger charge is -2.47. The molecule has 0 radical (unpaired) electrons. The number of benzene rings is 5. The molecule has 292 valence electrons. The first-order chi connectivity index (χ1) is 27.5. The SMILES string of the molecule is Cc1ccnc(-c2cccc(Oc3cccc(C4(c5ccccn5)c5cc(C(C)(C)C)ccc5N(c5ccc(C(C)(C)C)cc5)c5ccc(C(C)(C)C)cc54)c3)c2)c1. The highest BCUT2D eigenvalue weighted by atomic mass is 16.5. The maximum absolute atomic E-state index is 6.79. The molecule has 3 heterocycles. The second-order valence-electron chi connectivity index (χ2n) is 18.9. The molecule has 1 aliphatic heterocycles.